The van der Waals surface area contributed by atoms with E-state index in [9.17, 15) is 0 Å². The second kappa shape index (κ2) is 5.77. The SMILES string of the molecule is CCCNc1ccnc(-c2cccc(Br)c2)n1. The lowest BCUT2D eigenvalue weighted by atomic mass is 10.2. The van der Waals surface area contributed by atoms with Crippen LogP contribution in [0.1, 0.15) is 13.3 Å². The number of aromatic nitrogens is 2. The molecule has 88 valence electrons. The topological polar surface area (TPSA) is 37.8 Å². The van der Waals surface area contributed by atoms with Gasteiger partial charge < -0.3 is 5.32 Å². The van der Waals surface area contributed by atoms with Crippen LogP contribution in [0.15, 0.2) is 41.0 Å². The van der Waals surface area contributed by atoms with E-state index in [0.717, 1.165) is 34.6 Å². The maximum Gasteiger partial charge on any atom is 0.161 e. The van der Waals surface area contributed by atoms with Crippen LogP contribution in [0.25, 0.3) is 11.4 Å². The molecule has 0 aliphatic heterocycles. The standard InChI is InChI=1S/C13H14BrN3/c1-2-7-15-12-6-8-16-13(17-12)10-4-3-5-11(14)9-10/h3-6,8-9H,2,7H2,1H3,(H,15,16,17). The Bertz CT molecular complexity index is 500. The highest BCUT2D eigenvalue weighted by Gasteiger charge is 2.02. The first kappa shape index (κ1) is 12.0. The Hall–Kier alpha value is -1.42. The smallest absolute Gasteiger partial charge is 0.161 e. The van der Waals surface area contributed by atoms with Crippen LogP contribution >= 0.6 is 15.9 Å². The van der Waals surface area contributed by atoms with Gasteiger partial charge in [-0.15, -0.1) is 0 Å². The monoisotopic (exact) mass is 291 g/mol. The Morgan fingerprint density at radius 1 is 1.29 bits per heavy atom. The second-order valence-electron chi connectivity index (χ2n) is 3.70. The third kappa shape index (κ3) is 3.27. The molecule has 2 rings (SSSR count). The van der Waals surface area contributed by atoms with Gasteiger partial charge in [0.2, 0.25) is 0 Å². The highest BCUT2D eigenvalue weighted by atomic mass is 79.9. The molecule has 1 heterocycles. The van der Waals surface area contributed by atoms with Crippen LogP contribution in [0, 0.1) is 0 Å². The number of nitrogens with one attached hydrogen (secondary N) is 1. The minimum absolute atomic E-state index is 0.743. The number of halogens is 1. The van der Waals surface area contributed by atoms with Gasteiger partial charge in [-0.2, -0.15) is 0 Å². The van der Waals surface area contributed by atoms with Crippen LogP contribution in [-0.2, 0) is 0 Å². The number of rotatable bonds is 4. The van der Waals surface area contributed by atoms with Crippen LogP contribution in [0.2, 0.25) is 0 Å². The van der Waals surface area contributed by atoms with E-state index < -0.39 is 0 Å². The van der Waals surface area contributed by atoms with Crippen molar-refractivity contribution in [3.8, 4) is 11.4 Å². The zero-order valence-corrected chi connectivity index (χ0v) is 11.2. The number of anilines is 1. The maximum absolute atomic E-state index is 4.48. The van der Waals surface area contributed by atoms with Gasteiger partial charge in [0.05, 0.1) is 0 Å². The summed E-state index contributed by atoms with van der Waals surface area (Å²) in [4.78, 5) is 8.77. The third-order valence-corrected chi connectivity index (χ3v) is 2.79. The van der Waals surface area contributed by atoms with Gasteiger partial charge in [-0.25, -0.2) is 9.97 Å². The van der Waals surface area contributed by atoms with Gasteiger partial charge >= 0.3 is 0 Å². The molecule has 1 N–H and O–H groups in total. The van der Waals surface area contributed by atoms with Gasteiger partial charge in [0.15, 0.2) is 5.82 Å². The van der Waals surface area contributed by atoms with Crippen LogP contribution in [-0.4, -0.2) is 16.5 Å². The number of nitrogens with zero attached hydrogens (tertiary/aromatic N) is 2. The number of benzene rings is 1. The van der Waals surface area contributed by atoms with Crippen molar-refractivity contribution in [1.82, 2.24) is 9.97 Å². The quantitative estimate of drug-likeness (QED) is 0.933. The molecule has 2 aromatic rings. The summed E-state index contributed by atoms with van der Waals surface area (Å²) >= 11 is 3.45. The minimum Gasteiger partial charge on any atom is -0.370 e. The summed E-state index contributed by atoms with van der Waals surface area (Å²) in [5, 5.41) is 3.26. The molecule has 0 aliphatic carbocycles. The lowest BCUT2D eigenvalue weighted by Gasteiger charge is -2.05. The van der Waals surface area contributed by atoms with Crippen molar-refractivity contribution in [2.24, 2.45) is 0 Å². The average molecular weight is 292 g/mol. The summed E-state index contributed by atoms with van der Waals surface area (Å²) in [7, 11) is 0. The van der Waals surface area contributed by atoms with Crippen molar-refractivity contribution in [3.63, 3.8) is 0 Å². The molecular weight excluding hydrogens is 278 g/mol. The summed E-state index contributed by atoms with van der Waals surface area (Å²) in [6.07, 6.45) is 2.86. The van der Waals surface area contributed by atoms with Crippen molar-refractivity contribution in [2.75, 3.05) is 11.9 Å². The van der Waals surface area contributed by atoms with Crippen LogP contribution < -0.4 is 5.32 Å². The minimum atomic E-state index is 0.743. The predicted octanol–water partition coefficient (Wildman–Crippen LogP) is 3.73. The molecule has 3 nitrogen and oxygen atoms in total. The lowest BCUT2D eigenvalue weighted by Crippen LogP contribution is -2.02. The number of hydrogen-bond acceptors (Lipinski definition) is 3. The van der Waals surface area contributed by atoms with Gasteiger partial charge in [0, 0.05) is 22.8 Å². The summed E-state index contributed by atoms with van der Waals surface area (Å²) < 4.78 is 1.03. The normalized spacial score (nSPS) is 10.2. The van der Waals surface area contributed by atoms with E-state index in [4.69, 9.17) is 0 Å². The average Bonchev–Trinajstić information content (AvgIpc) is 2.37. The van der Waals surface area contributed by atoms with Gasteiger partial charge in [0.25, 0.3) is 0 Å². The maximum atomic E-state index is 4.48. The molecular formula is C13H14BrN3. The van der Waals surface area contributed by atoms with E-state index in [1.54, 1.807) is 6.20 Å². The van der Waals surface area contributed by atoms with E-state index in [2.05, 4.69) is 38.1 Å². The Morgan fingerprint density at radius 2 is 2.18 bits per heavy atom. The van der Waals surface area contributed by atoms with E-state index in [1.165, 1.54) is 0 Å². The highest BCUT2D eigenvalue weighted by Crippen LogP contribution is 2.20. The van der Waals surface area contributed by atoms with Gasteiger partial charge in [-0.05, 0) is 24.6 Å². The van der Waals surface area contributed by atoms with Gasteiger partial charge in [-0.3, -0.25) is 0 Å². The lowest BCUT2D eigenvalue weighted by molar-refractivity contribution is 0.966. The van der Waals surface area contributed by atoms with Crippen LogP contribution in [0.3, 0.4) is 0 Å². The molecule has 0 atom stereocenters. The van der Waals surface area contributed by atoms with E-state index in [0.29, 0.717) is 0 Å². The Balaban J connectivity index is 2.26. The first-order valence-corrected chi connectivity index (χ1v) is 6.42. The molecule has 0 bridgehead atoms. The zero-order chi connectivity index (χ0) is 12.1. The van der Waals surface area contributed by atoms with E-state index in [-0.39, 0.29) is 0 Å². The number of hydrogen-bond donors (Lipinski definition) is 1. The van der Waals surface area contributed by atoms with Gasteiger partial charge in [-0.1, -0.05) is 35.0 Å². The van der Waals surface area contributed by atoms with Crippen LogP contribution in [0.5, 0.6) is 0 Å². The molecule has 0 unspecified atom stereocenters. The molecule has 0 spiro atoms. The summed E-state index contributed by atoms with van der Waals surface area (Å²) in [5.74, 6) is 1.62. The van der Waals surface area contributed by atoms with Crippen LogP contribution in [0.4, 0.5) is 5.82 Å². The van der Waals surface area contributed by atoms with Crippen molar-refractivity contribution in [2.45, 2.75) is 13.3 Å². The Labute approximate surface area is 109 Å². The first-order valence-electron chi connectivity index (χ1n) is 5.62. The molecule has 1 aromatic heterocycles. The Kier molecular flexibility index (Phi) is 4.09. The molecule has 0 saturated carbocycles. The van der Waals surface area contributed by atoms with Crippen molar-refractivity contribution in [3.05, 3.63) is 41.0 Å². The van der Waals surface area contributed by atoms with E-state index >= 15 is 0 Å². The fourth-order valence-corrected chi connectivity index (χ4v) is 1.88. The van der Waals surface area contributed by atoms with Gasteiger partial charge in [0.1, 0.15) is 5.82 Å². The summed E-state index contributed by atoms with van der Waals surface area (Å²) in [5.41, 5.74) is 1.01. The largest absolute Gasteiger partial charge is 0.370 e. The van der Waals surface area contributed by atoms with Crippen molar-refractivity contribution >= 4 is 21.7 Å². The fourth-order valence-electron chi connectivity index (χ4n) is 1.48. The zero-order valence-electron chi connectivity index (χ0n) is 9.65. The fraction of sp³-hybridized carbons (Fsp3) is 0.231. The van der Waals surface area contributed by atoms with Crippen molar-refractivity contribution < 1.29 is 0 Å². The molecule has 0 amide bonds. The summed E-state index contributed by atoms with van der Waals surface area (Å²) in [6.45, 7) is 3.05. The summed E-state index contributed by atoms with van der Waals surface area (Å²) in [6, 6.07) is 9.87. The molecule has 0 radical (unpaired) electrons. The molecule has 0 saturated heterocycles. The third-order valence-electron chi connectivity index (χ3n) is 2.29. The predicted molar refractivity (Wildman–Crippen MR) is 73.9 cm³/mol. The molecule has 1 aromatic carbocycles. The second-order valence-corrected chi connectivity index (χ2v) is 4.62. The first-order chi connectivity index (χ1) is 8.29. The van der Waals surface area contributed by atoms with E-state index in [1.807, 2.05) is 30.3 Å². The molecule has 4 heteroatoms. The highest BCUT2D eigenvalue weighted by molar-refractivity contribution is 9.10. The molecule has 0 fully saturated rings. The molecule has 17 heavy (non-hydrogen) atoms. The van der Waals surface area contributed by atoms with Crippen molar-refractivity contribution in [1.29, 1.82) is 0 Å². The Morgan fingerprint density at radius 3 is 2.94 bits per heavy atom. The molecule has 0 aliphatic rings.